The highest BCUT2D eigenvalue weighted by Crippen LogP contribution is 2.24. The number of aromatic nitrogens is 1. The number of nitrogens with zero attached hydrogens (tertiary/aromatic N) is 1. The number of anilines is 2. The molecule has 7 heteroatoms. The van der Waals surface area contributed by atoms with Crippen LogP contribution in [-0.2, 0) is 0 Å². The number of carboxylic acid groups (broad SMARTS) is 1. The van der Waals surface area contributed by atoms with Crippen molar-refractivity contribution in [3.63, 3.8) is 0 Å². The van der Waals surface area contributed by atoms with Gasteiger partial charge in [0.05, 0.1) is 12.7 Å². The van der Waals surface area contributed by atoms with Gasteiger partial charge in [-0.05, 0) is 24.3 Å². The molecule has 0 aliphatic heterocycles. The second-order valence-electron chi connectivity index (χ2n) is 3.84. The van der Waals surface area contributed by atoms with E-state index in [0.29, 0.717) is 5.69 Å². The molecule has 2 aromatic rings. The molecule has 104 valence electrons. The number of hydrogen-bond donors (Lipinski definition) is 2. The number of benzene rings is 1. The lowest BCUT2D eigenvalue weighted by atomic mass is 10.2. The van der Waals surface area contributed by atoms with Crippen LogP contribution in [0.1, 0.15) is 10.4 Å². The van der Waals surface area contributed by atoms with Crippen LogP contribution in [0.3, 0.4) is 0 Å². The van der Waals surface area contributed by atoms with Crippen LogP contribution < -0.4 is 10.1 Å². The van der Waals surface area contributed by atoms with Gasteiger partial charge in [0.2, 0.25) is 0 Å². The molecule has 0 saturated heterocycles. The number of carbonyl (C=O) groups is 1. The molecule has 0 aliphatic rings. The second kappa shape index (κ2) is 5.75. The van der Waals surface area contributed by atoms with E-state index in [2.05, 4.69) is 10.3 Å². The largest absolute Gasteiger partial charge is 0.494 e. The molecule has 1 heterocycles. The molecule has 0 aliphatic carbocycles. The second-order valence-corrected chi connectivity index (χ2v) is 4.23. The standard InChI is InChI=1S/C13H10ClFN2O3/c1-20-10-3-2-8(6-9(10)15)16-12-5-7(13(18)19)4-11(14)17-12/h2-6H,1H3,(H,16,17)(H,18,19). The van der Waals surface area contributed by atoms with E-state index < -0.39 is 11.8 Å². The van der Waals surface area contributed by atoms with Crippen LogP contribution in [0.15, 0.2) is 30.3 Å². The van der Waals surface area contributed by atoms with Gasteiger partial charge in [0, 0.05) is 11.8 Å². The van der Waals surface area contributed by atoms with Crippen molar-refractivity contribution in [1.82, 2.24) is 4.98 Å². The summed E-state index contributed by atoms with van der Waals surface area (Å²) in [5, 5.41) is 11.7. The van der Waals surface area contributed by atoms with E-state index in [1.165, 1.54) is 31.4 Å². The molecular weight excluding hydrogens is 287 g/mol. The number of rotatable bonds is 4. The van der Waals surface area contributed by atoms with Gasteiger partial charge in [-0.1, -0.05) is 11.6 Å². The zero-order chi connectivity index (χ0) is 14.7. The highest BCUT2D eigenvalue weighted by molar-refractivity contribution is 6.29. The van der Waals surface area contributed by atoms with Crippen LogP contribution in [0.25, 0.3) is 0 Å². The van der Waals surface area contributed by atoms with Crippen LogP contribution in [0.2, 0.25) is 5.15 Å². The van der Waals surface area contributed by atoms with E-state index in [1.807, 2.05) is 0 Å². The first kappa shape index (κ1) is 14.1. The number of aromatic carboxylic acids is 1. The fraction of sp³-hybridized carbons (Fsp3) is 0.0769. The van der Waals surface area contributed by atoms with E-state index in [4.69, 9.17) is 21.4 Å². The molecule has 2 N–H and O–H groups in total. The lowest BCUT2D eigenvalue weighted by Gasteiger charge is -2.08. The van der Waals surface area contributed by atoms with Gasteiger partial charge in [-0.3, -0.25) is 0 Å². The summed E-state index contributed by atoms with van der Waals surface area (Å²) in [6, 6.07) is 6.76. The third-order valence-corrected chi connectivity index (χ3v) is 2.66. The summed E-state index contributed by atoms with van der Waals surface area (Å²) in [5.74, 6) is -1.35. The van der Waals surface area contributed by atoms with Crippen molar-refractivity contribution >= 4 is 29.1 Å². The number of hydrogen-bond acceptors (Lipinski definition) is 4. The predicted molar refractivity (Wildman–Crippen MR) is 72.4 cm³/mol. The van der Waals surface area contributed by atoms with Gasteiger partial charge in [0.25, 0.3) is 0 Å². The molecule has 1 aromatic heterocycles. The minimum absolute atomic E-state index is 0.0125. The molecular formula is C13H10ClFN2O3. The van der Waals surface area contributed by atoms with Crippen LogP contribution in [0, 0.1) is 5.82 Å². The molecule has 20 heavy (non-hydrogen) atoms. The van der Waals surface area contributed by atoms with Gasteiger partial charge < -0.3 is 15.2 Å². The molecule has 1 aromatic carbocycles. The van der Waals surface area contributed by atoms with Crippen molar-refractivity contribution in [2.24, 2.45) is 0 Å². The summed E-state index contributed by atoms with van der Waals surface area (Å²) in [5.41, 5.74) is 0.385. The summed E-state index contributed by atoms with van der Waals surface area (Å²) in [6.45, 7) is 0. The van der Waals surface area contributed by atoms with Gasteiger partial charge in [-0.25, -0.2) is 14.2 Å². The molecule has 0 radical (unpaired) electrons. The van der Waals surface area contributed by atoms with E-state index in [-0.39, 0.29) is 22.3 Å². The van der Waals surface area contributed by atoms with E-state index in [1.54, 1.807) is 6.07 Å². The molecule has 0 saturated carbocycles. The fourth-order valence-corrected chi connectivity index (χ4v) is 1.79. The van der Waals surface area contributed by atoms with Crippen molar-refractivity contribution in [3.8, 4) is 5.75 Å². The normalized spacial score (nSPS) is 10.2. The zero-order valence-corrected chi connectivity index (χ0v) is 11.1. The summed E-state index contributed by atoms with van der Waals surface area (Å²) in [6.07, 6.45) is 0. The van der Waals surface area contributed by atoms with Crippen LogP contribution in [0.5, 0.6) is 5.75 Å². The average molecular weight is 297 g/mol. The third-order valence-electron chi connectivity index (χ3n) is 2.47. The topological polar surface area (TPSA) is 71.5 Å². The number of carboxylic acids is 1. The molecule has 5 nitrogen and oxygen atoms in total. The first-order chi connectivity index (χ1) is 9.49. The fourth-order valence-electron chi connectivity index (χ4n) is 1.58. The molecule has 0 amide bonds. The van der Waals surface area contributed by atoms with Crippen molar-refractivity contribution in [2.75, 3.05) is 12.4 Å². The smallest absolute Gasteiger partial charge is 0.335 e. The molecule has 0 unspecified atom stereocenters. The van der Waals surface area contributed by atoms with Crippen molar-refractivity contribution in [1.29, 1.82) is 0 Å². The summed E-state index contributed by atoms with van der Waals surface area (Å²) in [4.78, 5) is 14.8. The average Bonchev–Trinajstić information content (AvgIpc) is 2.38. The van der Waals surface area contributed by atoms with Crippen molar-refractivity contribution < 1.29 is 19.0 Å². The highest BCUT2D eigenvalue weighted by Gasteiger charge is 2.09. The van der Waals surface area contributed by atoms with Gasteiger partial charge in [-0.15, -0.1) is 0 Å². The lowest BCUT2D eigenvalue weighted by Crippen LogP contribution is -2.01. The zero-order valence-electron chi connectivity index (χ0n) is 10.4. The first-order valence-corrected chi connectivity index (χ1v) is 5.89. The van der Waals surface area contributed by atoms with Crippen LogP contribution in [-0.4, -0.2) is 23.2 Å². The monoisotopic (exact) mass is 296 g/mol. The Bertz CT molecular complexity index is 664. The van der Waals surface area contributed by atoms with E-state index >= 15 is 0 Å². The van der Waals surface area contributed by atoms with Gasteiger partial charge >= 0.3 is 5.97 Å². The number of pyridine rings is 1. The van der Waals surface area contributed by atoms with Gasteiger partial charge in [0.1, 0.15) is 11.0 Å². The van der Waals surface area contributed by atoms with Crippen LogP contribution >= 0.6 is 11.6 Å². The van der Waals surface area contributed by atoms with Gasteiger partial charge in [-0.2, -0.15) is 0 Å². The van der Waals surface area contributed by atoms with E-state index in [0.717, 1.165) is 0 Å². The maximum Gasteiger partial charge on any atom is 0.335 e. The SMILES string of the molecule is COc1ccc(Nc2cc(C(=O)O)cc(Cl)n2)cc1F. The first-order valence-electron chi connectivity index (χ1n) is 5.51. The Morgan fingerprint density at radius 2 is 2.15 bits per heavy atom. The quantitative estimate of drug-likeness (QED) is 0.847. The summed E-state index contributed by atoms with van der Waals surface area (Å²) < 4.78 is 18.3. The predicted octanol–water partition coefficient (Wildman–Crippen LogP) is 3.32. The van der Waals surface area contributed by atoms with E-state index in [9.17, 15) is 9.18 Å². The summed E-state index contributed by atoms with van der Waals surface area (Å²) >= 11 is 5.73. The minimum Gasteiger partial charge on any atom is -0.494 e. The van der Waals surface area contributed by atoms with Crippen LogP contribution in [0.4, 0.5) is 15.9 Å². The number of methoxy groups -OCH3 is 1. The Hall–Kier alpha value is -2.34. The number of halogens is 2. The number of nitrogens with one attached hydrogen (secondary N) is 1. The minimum atomic E-state index is -1.13. The Balaban J connectivity index is 2.30. The molecule has 0 fully saturated rings. The third kappa shape index (κ3) is 3.16. The maximum atomic E-state index is 13.5. The maximum absolute atomic E-state index is 13.5. The Morgan fingerprint density at radius 1 is 1.40 bits per heavy atom. The Kier molecular flexibility index (Phi) is 4.05. The molecule has 0 bridgehead atoms. The summed E-state index contributed by atoms with van der Waals surface area (Å²) in [7, 11) is 1.36. The lowest BCUT2D eigenvalue weighted by molar-refractivity contribution is 0.0697. The van der Waals surface area contributed by atoms with Crippen molar-refractivity contribution in [2.45, 2.75) is 0 Å². The molecule has 2 rings (SSSR count). The van der Waals surface area contributed by atoms with Gasteiger partial charge in [0.15, 0.2) is 11.6 Å². The molecule has 0 atom stereocenters. The molecule has 0 spiro atoms. The Labute approximate surface area is 119 Å². The number of ether oxygens (including phenoxy) is 1. The van der Waals surface area contributed by atoms with Crippen molar-refractivity contribution in [3.05, 3.63) is 46.9 Å². The highest BCUT2D eigenvalue weighted by atomic mass is 35.5. The Morgan fingerprint density at radius 3 is 2.75 bits per heavy atom.